The maximum Gasteiger partial charge on any atom is 0.326 e. The summed E-state index contributed by atoms with van der Waals surface area (Å²) >= 11 is 0. The molecule has 0 unspecified atom stereocenters. The summed E-state index contributed by atoms with van der Waals surface area (Å²) in [5.74, 6) is -0.00133. The third-order valence-corrected chi connectivity index (χ3v) is 5.56. The molecule has 10 heteroatoms. The van der Waals surface area contributed by atoms with Gasteiger partial charge in [-0.25, -0.2) is 17.6 Å². The summed E-state index contributed by atoms with van der Waals surface area (Å²) in [7, 11) is -2.54. The lowest BCUT2D eigenvalue weighted by Crippen LogP contribution is -2.26. The van der Waals surface area contributed by atoms with Gasteiger partial charge in [0.1, 0.15) is 17.3 Å². The van der Waals surface area contributed by atoms with E-state index in [9.17, 15) is 22.7 Å². The Balaban J connectivity index is 1.75. The molecule has 3 rings (SSSR count). The molecular formula is C17H16FN3O5S. The van der Waals surface area contributed by atoms with Crippen molar-refractivity contribution in [3.05, 3.63) is 70.5 Å². The number of nitrogens with zero attached hydrogens (tertiary/aromatic N) is 1. The Labute approximate surface area is 153 Å². The van der Waals surface area contributed by atoms with Gasteiger partial charge >= 0.3 is 5.69 Å². The zero-order valence-corrected chi connectivity index (χ0v) is 15.0. The van der Waals surface area contributed by atoms with E-state index in [1.54, 1.807) is 0 Å². The molecule has 1 heterocycles. The number of rotatable bonds is 6. The van der Waals surface area contributed by atoms with Crippen LogP contribution in [0.5, 0.6) is 17.4 Å². The first-order valence-corrected chi connectivity index (χ1v) is 9.19. The molecule has 0 spiro atoms. The lowest BCUT2D eigenvalue weighted by Gasteiger charge is -2.16. The van der Waals surface area contributed by atoms with Gasteiger partial charge < -0.3 is 14.8 Å². The molecule has 3 aromatic rings. The SMILES string of the molecule is CN(Cc1[nH]c(=O)[nH]c1O)S(=O)(=O)c1ccc(Oc2ccc(F)cc2)cc1. The van der Waals surface area contributed by atoms with Gasteiger partial charge in [-0.15, -0.1) is 0 Å². The smallest absolute Gasteiger partial charge is 0.326 e. The average Bonchev–Trinajstić information content (AvgIpc) is 2.94. The van der Waals surface area contributed by atoms with E-state index in [0.717, 1.165) is 4.31 Å². The highest BCUT2D eigenvalue weighted by atomic mass is 32.2. The highest BCUT2D eigenvalue weighted by Gasteiger charge is 2.23. The quantitative estimate of drug-likeness (QED) is 0.594. The van der Waals surface area contributed by atoms with E-state index >= 15 is 0 Å². The van der Waals surface area contributed by atoms with Crippen LogP contribution in [-0.2, 0) is 16.6 Å². The molecular weight excluding hydrogens is 377 g/mol. The molecule has 142 valence electrons. The predicted octanol–water partition coefficient (Wildman–Crippen LogP) is 2.16. The van der Waals surface area contributed by atoms with Crippen LogP contribution in [0.3, 0.4) is 0 Å². The van der Waals surface area contributed by atoms with Crippen LogP contribution in [0.15, 0.2) is 58.2 Å². The van der Waals surface area contributed by atoms with Crippen molar-refractivity contribution < 1.29 is 22.7 Å². The van der Waals surface area contributed by atoms with Crippen molar-refractivity contribution in [2.45, 2.75) is 11.4 Å². The Kier molecular flexibility index (Phi) is 5.02. The number of aromatic amines is 2. The number of imidazole rings is 1. The Morgan fingerprint density at radius 1 is 1.04 bits per heavy atom. The number of ether oxygens (including phenoxy) is 1. The standard InChI is InChI=1S/C17H16FN3O5S/c1-21(10-15-16(22)20-17(23)19-15)27(24,25)14-8-6-13(7-9-14)26-12-4-2-11(18)3-5-12/h2-9,22H,10H2,1H3,(H2,19,20,23). The summed E-state index contributed by atoms with van der Waals surface area (Å²) in [6, 6.07) is 11.1. The van der Waals surface area contributed by atoms with Gasteiger partial charge in [-0.1, -0.05) is 0 Å². The summed E-state index contributed by atoms with van der Waals surface area (Å²) in [5.41, 5.74) is -0.571. The highest BCUT2D eigenvalue weighted by Crippen LogP contribution is 2.25. The van der Waals surface area contributed by atoms with Gasteiger partial charge in [-0.3, -0.25) is 4.98 Å². The molecule has 2 aromatic carbocycles. The molecule has 0 radical (unpaired) electrons. The lowest BCUT2D eigenvalue weighted by atomic mass is 10.3. The first-order valence-electron chi connectivity index (χ1n) is 7.75. The van der Waals surface area contributed by atoms with Crippen LogP contribution in [0.4, 0.5) is 4.39 Å². The summed E-state index contributed by atoms with van der Waals surface area (Å²) in [6.07, 6.45) is 0. The summed E-state index contributed by atoms with van der Waals surface area (Å²) < 4.78 is 44.7. The molecule has 0 saturated carbocycles. The molecule has 3 N–H and O–H groups in total. The van der Waals surface area contributed by atoms with Crippen LogP contribution >= 0.6 is 0 Å². The zero-order valence-electron chi connectivity index (χ0n) is 14.1. The second-order valence-corrected chi connectivity index (χ2v) is 7.74. The van der Waals surface area contributed by atoms with E-state index in [1.807, 2.05) is 0 Å². The molecule has 0 aliphatic heterocycles. The highest BCUT2D eigenvalue weighted by molar-refractivity contribution is 7.89. The maximum absolute atomic E-state index is 12.9. The molecule has 0 aliphatic rings. The Morgan fingerprint density at radius 2 is 1.59 bits per heavy atom. The maximum atomic E-state index is 12.9. The van der Waals surface area contributed by atoms with Gasteiger partial charge in [0, 0.05) is 7.05 Å². The molecule has 0 saturated heterocycles. The summed E-state index contributed by atoms with van der Waals surface area (Å²) in [6.45, 7) is -0.221. The molecule has 27 heavy (non-hydrogen) atoms. The van der Waals surface area contributed by atoms with E-state index in [1.165, 1.54) is 55.6 Å². The fourth-order valence-corrected chi connectivity index (χ4v) is 3.47. The number of H-pyrrole nitrogens is 2. The summed E-state index contributed by atoms with van der Waals surface area (Å²) in [5, 5.41) is 9.56. The van der Waals surface area contributed by atoms with Gasteiger partial charge in [-0.2, -0.15) is 4.31 Å². The predicted molar refractivity (Wildman–Crippen MR) is 94.6 cm³/mol. The molecule has 0 bridgehead atoms. The van der Waals surface area contributed by atoms with Gasteiger partial charge in [0.05, 0.1) is 17.1 Å². The van der Waals surface area contributed by atoms with Crippen LogP contribution in [0.1, 0.15) is 5.69 Å². The Hall–Kier alpha value is -3.11. The second kappa shape index (κ2) is 7.25. The number of aromatic nitrogens is 2. The Bertz CT molecular complexity index is 1090. The van der Waals surface area contributed by atoms with Gasteiger partial charge in [-0.05, 0) is 48.5 Å². The number of hydrogen-bond donors (Lipinski definition) is 3. The van der Waals surface area contributed by atoms with Crippen molar-refractivity contribution in [2.75, 3.05) is 7.05 Å². The monoisotopic (exact) mass is 393 g/mol. The van der Waals surface area contributed by atoms with E-state index in [4.69, 9.17) is 4.74 Å². The van der Waals surface area contributed by atoms with Crippen LogP contribution < -0.4 is 10.4 Å². The van der Waals surface area contributed by atoms with Crippen molar-refractivity contribution in [1.29, 1.82) is 0 Å². The molecule has 0 amide bonds. The van der Waals surface area contributed by atoms with Crippen molar-refractivity contribution in [2.24, 2.45) is 0 Å². The van der Waals surface area contributed by atoms with Gasteiger partial charge in [0.25, 0.3) is 0 Å². The number of nitrogens with one attached hydrogen (secondary N) is 2. The van der Waals surface area contributed by atoms with Crippen LogP contribution in [0.2, 0.25) is 0 Å². The zero-order chi connectivity index (χ0) is 19.6. The summed E-state index contributed by atoms with van der Waals surface area (Å²) in [4.78, 5) is 15.6. The third-order valence-electron chi connectivity index (χ3n) is 3.74. The fourth-order valence-electron chi connectivity index (χ4n) is 2.33. The second-order valence-electron chi connectivity index (χ2n) is 5.69. The number of hydrogen-bond acceptors (Lipinski definition) is 5. The van der Waals surface area contributed by atoms with Crippen LogP contribution in [-0.4, -0.2) is 34.8 Å². The van der Waals surface area contributed by atoms with E-state index in [-0.39, 0.29) is 23.0 Å². The van der Waals surface area contributed by atoms with Crippen LogP contribution in [0, 0.1) is 5.82 Å². The topological polar surface area (TPSA) is 115 Å². The first-order chi connectivity index (χ1) is 12.8. The molecule has 1 aromatic heterocycles. The van der Waals surface area contributed by atoms with Crippen molar-refractivity contribution in [3.63, 3.8) is 0 Å². The van der Waals surface area contributed by atoms with Crippen molar-refractivity contribution >= 4 is 10.0 Å². The average molecular weight is 393 g/mol. The Morgan fingerprint density at radius 3 is 2.11 bits per heavy atom. The van der Waals surface area contributed by atoms with E-state index < -0.39 is 21.6 Å². The lowest BCUT2D eigenvalue weighted by molar-refractivity contribution is 0.423. The number of sulfonamides is 1. The minimum absolute atomic E-state index is 0.00817. The largest absolute Gasteiger partial charge is 0.493 e. The minimum Gasteiger partial charge on any atom is -0.493 e. The number of aromatic hydroxyl groups is 1. The number of benzene rings is 2. The first kappa shape index (κ1) is 18.7. The van der Waals surface area contributed by atoms with Crippen molar-refractivity contribution in [3.8, 4) is 17.4 Å². The van der Waals surface area contributed by atoms with E-state index in [2.05, 4.69) is 9.97 Å². The minimum atomic E-state index is -3.86. The van der Waals surface area contributed by atoms with Crippen molar-refractivity contribution in [1.82, 2.24) is 14.3 Å². The normalized spacial score (nSPS) is 11.7. The van der Waals surface area contributed by atoms with E-state index in [0.29, 0.717) is 11.5 Å². The fraction of sp³-hybridized carbons (Fsp3) is 0.118. The third kappa shape index (κ3) is 4.18. The van der Waals surface area contributed by atoms with Gasteiger partial charge in [0.2, 0.25) is 15.9 Å². The molecule has 0 fully saturated rings. The number of halogens is 1. The molecule has 0 atom stereocenters. The molecule has 8 nitrogen and oxygen atoms in total. The van der Waals surface area contributed by atoms with Crippen LogP contribution in [0.25, 0.3) is 0 Å². The van der Waals surface area contributed by atoms with Gasteiger partial charge in [0.15, 0.2) is 0 Å². The molecule has 0 aliphatic carbocycles.